The maximum atomic E-state index is 13.3. The fraction of sp³-hybridized carbons (Fsp3) is 0.368. The van der Waals surface area contributed by atoms with E-state index in [4.69, 9.17) is 0 Å². The average Bonchev–Trinajstić information content (AvgIpc) is 3.01. The zero-order chi connectivity index (χ0) is 17.3. The molecule has 0 aliphatic carbocycles. The first-order valence-electron chi connectivity index (χ1n) is 8.16. The van der Waals surface area contributed by atoms with E-state index >= 15 is 0 Å². The summed E-state index contributed by atoms with van der Waals surface area (Å²) in [6, 6.07) is 15.2. The van der Waals surface area contributed by atoms with Gasteiger partial charge in [0.1, 0.15) is 0 Å². The fourth-order valence-corrected chi connectivity index (χ4v) is 5.99. The summed E-state index contributed by atoms with van der Waals surface area (Å²) in [5.74, 6) is 0. The summed E-state index contributed by atoms with van der Waals surface area (Å²) in [4.78, 5) is 0.373. The minimum absolute atomic E-state index is 0.0115. The Morgan fingerprint density at radius 1 is 0.958 bits per heavy atom. The number of hydrogen-bond acceptors (Lipinski definition) is 2. The number of halogens is 1. The summed E-state index contributed by atoms with van der Waals surface area (Å²) in [5, 5.41) is 0.653. The molecule has 0 radical (unpaired) electrons. The first-order chi connectivity index (χ1) is 11.4. The molecule has 128 valence electrons. The Kier molecular flexibility index (Phi) is 5.13. The second-order valence-corrected chi connectivity index (χ2v) is 8.95. The molecule has 5 heteroatoms. The lowest BCUT2D eigenvalue weighted by Crippen LogP contribution is -2.38. The third-order valence-corrected chi connectivity index (χ3v) is 7.40. The van der Waals surface area contributed by atoms with Gasteiger partial charge in [0.15, 0.2) is 0 Å². The first kappa shape index (κ1) is 17.6. The molecule has 0 bridgehead atoms. The Morgan fingerprint density at radius 3 is 2.04 bits per heavy atom. The molecule has 0 amide bonds. The highest BCUT2D eigenvalue weighted by Gasteiger charge is 2.42. The van der Waals surface area contributed by atoms with Gasteiger partial charge in [-0.15, -0.1) is 0 Å². The smallest absolute Gasteiger partial charge is 0.207 e. The number of rotatable bonds is 4. The van der Waals surface area contributed by atoms with Crippen LogP contribution in [0, 0.1) is 13.8 Å². The number of benzene rings is 2. The molecule has 2 aromatic rings. The summed E-state index contributed by atoms with van der Waals surface area (Å²) in [5.41, 5.74) is 3.31. The van der Waals surface area contributed by atoms with Gasteiger partial charge in [0.25, 0.3) is 0 Å². The molecule has 0 N–H and O–H groups in total. The molecule has 1 fully saturated rings. The SMILES string of the molecule is Cc1ccc(C2CCC(CBr)N2S(=O)(=O)c2ccc(C)cc2)cc1. The van der Waals surface area contributed by atoms with Crippen LogP contribution in [0.4, 0.5) is 0 Å². The highest BCUT2D eigenvalue weighted by Crippen LogP contribution is 2.41. The van der Waals surface area contributed by atoms with Crippen molar-refractivity contribution in [3.8, 4) is 0 Å². The molecule has 2 unspecified atom stereocenters. The van der Waals surface area contributed by atoms with Crippen LogP contribution < -0.4 is 0 Å². The summed E-state index contributed by atoms with van der Waals surface area (Å²) >= 11 is 3.50. The minimum atomic E-state index is -3.52. The van der Waals surface area contributed by atoms with Gasteiger partial charge in [0.05, 0.1) is 10.9 Å². The Labute approximate surface area is 152 Å². The average molecular weight is 408 g/mol. The van der Waals surface area contributed by atoms with Crippen LogP contribution in [0.5, 0.6) is 0 Å². The van der Waals surface area contributed by atoms with Gasteiger partial charge in [-0.3, -0.25) is 0 Å². The molecule has 1 heterocycles. The summed E-state index contributed by atoms with van der Waals surface area (Å²) in [6.45, 7) is 4.00. The number of aryl methyl sites for hydroxylation is 2. The highest BCUT2D eigenvalue weighted by molar-refractivity contribution is 9.09. The molecule has 1 aliphatic rings. The largest absolute Gasteiger partial charge is 0.243 e. The van der Waals surface area contributed by atoms with E-state index in [0.717, 1.165) is 24.0 Å². The molecule has 2 atom stereocenters. The van der Waals surface area contributed by atoms with Gasteiger partial charge >= 0.3 is 0 Å². The van der Waals surface area contributed by atoms with Crippen molar-refractivity contribution in [2.45, 2.75) is 43.7 Å². The predicted octanol–water partition coefficient (Wildman–Crippen LogP) is 4.59. The highest BCUT2D eigenvalue weighted by atomic mass is 79.9. The van der Waals surface area contributed by atoms with E-state index in [0.29, 0.717) is 10.2 Å². The van der Waals surface area contributed by atoms with Crippen molar-refractivity contribution in [3.05, 3.63) is 65.2 Å². The predicted molar refractivity (Wildman–Crippen MR) is 101 cm³/mol. The van der Waals surface area contributed by atoms with Crippen LogP contribution in [0.2, 0.25) is 0 Å². The van der Waals surface area contributed by atoms with E-state index < -0.39 is 10.0 Å². The number of hydrogen-bond donors (Lipinski definition) is 0. The first-order valence-corrected chi connectivity index (χ1v) is 10.7. The van der Waals surface area contributed by atoms with E-state index in [-0.39, 0.29) is 12.1 Å². The monoisotopic (exact) mass is 407 g/mol. The lowest BCUT2D eigenvalue weighted by molar-refractivity contribution is 0.344. The molecule has 24 heavy (non-hydrogen) atoms. The van der Waals surface area contributed by atoms with Gasteiger partial charge in [0, 0.05) is 11.4 Å². The van der Waals surface area contributed by atoms with Crippen molar-refractivity contribution in [2.75, 3.05) is 5.33 Å². The van der Waals surface area contributed by atoms with Crippen LogP contribution in [0.15, 0.2) is 53.4 Å². The molecule has 2 aromatic carbocycles. The fourth-order valence-electron chi connectivity index (χ4n) is 3.30. The lowest BCUT2D eigenvalue weighted by atomic mass is 10.0. The molecule has 1 aliphatic heterocycles. The Balaban J connectivity index is 2.02. The van der Waals surface area contributed by atoms with Gasteiger partial charge in [-0.25, -0.2) is 8.42 Å². The van der Waals surface area contributed by atoms with Crippen LogP contribution in [0.25, 0.3) is 0 Å². The van der Waals surface area contributed by atoms with Crippen molar-refractivity contribution in [1.82, 2.24) is 4.31 Å². The third-order valence-electron chi connectivity index (χ3n) is 4.68. The maximum absolute atomic E-state index is 13.3. The van der Waals surface area contributed by atoms with Crippen LogP contribution in [0.1, 0.15) is 35.6 Å². The lowest BCUT2D eigenvalue weighted by Gasteiger charge is -2.29. The van der Waals surface area contributed by atoms with Crippen molar-refractivity contribution >= 4 is 26.0 Å². The zero-order valence-electron chi connectivity index (χ0n) is 13.9. The summed E-state index contributed by atoms with van der Waals surface area (Å²) in [7, 11) is -3.52. The molecule has 0 saturated carbocycles. The Hall–Kier alpha value is -1.17. The van der Waals surface area contributed by atoms with Crippen LogP contribution >= 0.6 is 15.9 Å². The molecule has 0 spiro atoms. The van der Waals surface area contributed by atoms with Gasteiger partial charge in [0.2, 0.25) is 10.0 Å². The molecular formula is C19H22BrNO2S. The standard InChI is InChI=1S/C19H22BrNO2S/c1-14-3-7-16(8-4-14)19-12-9-17(13-20)21(19)24(22,23)18-10-5-15(2)6-11-18/h3-8,10-11,17,19H,9,12-13H2,1-2H3. The van der Waals surface area contributed by atoms with E-state index in [2.05, 4.69) is 15.9 Å². The summed E-state index contributed by atoms with van der Waals surface area (Å²) in [6.07, 6.45) is 1.72. The van der Waals surface area contributed by atoms with Gasteiger partial charge in [-0.05, 0) is 44.4 Å². The normalized spacial score (nSPS) is 22.0. The Morgan fingerprint density at radius 2 is 1.50 bits per heavy atom. The quantitative estimate of drug-likeness (QED) is 0.694. The molecule has 0 aromatic heterocycles. The van der Waals surface area contributed by atoms with E-state index in [9.17, 15) is 8.42 Å². The summed E-state index contributed by atoms with van der Waals surface area (Å²) < 4.78 is 28.2. The molecule has 3 nitrogen and oxygen atoms in total. The zero-order valence-corrected chi connectivity index (χ0v) is 16.3. The molecule has 1 saturated heterocycles. The van der Waals surface area contributed by atoms with Gasteiger partial charge in [-0.1, -0.05) is 63.5 Å². The van der Waals surface area contributed by atoms with Crippen molar-refractivity contribution < 1.29 is 8.42 Å². The van der Waals surface area contributed by atoms with E-state index in [1.807, 2.05) is 50.2 Å². The van der Waals surface area contributed by atoms with Crippen LogP contribution in [-0.2, 0) is 10.0 Å². The van der Waals surface area contributed by atoms with Crippen molar-refractivity contribution in [2.24, 2.45) is 0 Å². The van der Waals surface area contributed by atoms with Gasteiger partial charge in [-0.2, -0.15) is 4.31 Å². The van der Waals surface area contributed by atoms with Gasteiger partial charge < -0.3 is 0 Å². The second kappa shape index (κ2) is 6.98. The van der Waals surface area contributed by atoms with Crippen molar-refractivity contribution in [3.63, 3.8) is 0 Å². The second-order valence-electron chi connectivity index (χ2n) is 6.46. The number of nitrogens with zero attached hydrogens (tertiary/aromatic N) is 1. The van der Waals surface area contributed by atoms with E-state index in [1.165, 1.54) is 5.56 Å². The Bertz CT molecular complexity index is 800. The van der Waals surface area contributed by atoms with Crippen molar-refractivity contribution in [1.29, 1.82) is 0 Å². The minimum Gasteiger partial charge on any atom is -0.207 e. The molecular weight excluding hydrogens is 386 g/mol. The maximum Gasteiger partial charge on any atom is 0.243 e. The van der Waals surface area contributed by atoms with Crippen LogP contribution in [-0.4, -0.2) is 24.1 Å². The number of alkyl halides is 1. The van der Waals surface area contributed by atoms with Crippen LogP contribution in [0.3, 0.4) is 0 Å². The van der Waals surface area contributed by atoms with E-state index in [1.54, 1.807) is 16.4 Å². The third kappa shape index (κ3) is 3.30. The number of sulfonamides is 1. The topological polar surface area (TPSA) is 37.4 Å². The molecule has 3 rings (SSSR count).